The second-order valence-corrected chi connectivity index (χ2v) is 7.89. The summed E-state index contributed by atoms with van der Waals surface area (Å²) in [5.74, 6) is 0. The molecule has 2 nitrogen and oxygen atoms in total. The average Bonchev–Trinajstić information content (AvgIpc) is 1.78. The van der Waals surface area contributed by atoms with Gasteiger partial charge >= 0.3 is 0 Å². The molecule has 0 unspecified atom stereocenters. The lowest BCUT2D eigenvalue weighted by molar-refractivity contribution is 0.606. The molecule has 0 fully saturated rings. The predicted molar refractivity (Wildman–Crippen MR) is 53.3 cm³/mol. The molecular weight excluding hydrogens is 208 g/mol. The van der Waals surface area contributed by atoms with E-state index in [0.717, 1.165) is 5.08 Å². The van der Waals surface area contributed by atoms with Gasteiger partial charge in [-0.25, -0.2) is 8.42 Å². The van der Waals surface area contributed by atoms with Gasteiger partial charge in [0.1, 0.15) is 5.08 Å². The maximum atomic E-state index is 10.6. The van der Waals surface area contributed by atoms with E-state index in [4.69, 9.17) is 0 Å². The van der Waals surface area contributed by atoms with Gasteiger partial charge in [0.2, 0.25) is 0 Å². The van der Waals surface area contributed by atoms with Gasteiger partial charge in [-0.15, -0.1) is 0 Å². The van der Waals surface area contributed by atoms with Crippen LogP contribution in [0.25, 0.3) is 0 Å². The molecular formula is C4H10O2S4. The van der Waals surface area contributed by atoms with Crippen LogP contribution in [0.15, 0.2) is 0 Å². The summed E-state index contributed by atoms with van der Waals surface area (Å²) in [4.78, 5) is 0. The van der Waals surface area contributed by atoms with E-state index in [-0.39, 0.29) is 5.08 Å². The second kappa shape index (κ2) is 5.62. The molecule has 0 aliphatic rings. The van der Waals surface area contributed by atoms with Crippen LogP contribution in [0.5, 0.6) is 0 Å². The zero-order valence-electron chi connectivity index (χ0n) is 5.86. The highest BCUT2D eigenvalue weighted by molar-refractivity contribution is 8.79. The molecule has 0 bridgehead atoms. The fourth-order valence-electron chi connectivity index (χ4n) is 0.204. The van der Waals surface area contributed by atoms with E-state index in [9.17, 15) is 8.42 Å². The second-order valence-electron chi connectivity index (χ2n) is 1.69. The van der Waals surface area contributed by atoms with Crippen molar-refractivity contribution in [3.8, 4) is 0 Å². The van der Waals surface area contributed by atoms with E-state index < -0.39 is 9.84 Å². The molecule has 0 aliphatic carbocycles. The van der Waals surface area contributed by atoms with Crippen molar-refractivity contribution in [3.63, 3.8) is 0 Å². The van der Waals surface area contributed by atoms with Crippen LogP contribution in [0, 0.1) is 0 Å². The van der Waals surface area contributed by atoms with Crippen LogP contribution in [0.3, 0.4) is 0 Å². The van der Waals surface area contributed by atoms with E-state index in [1.807, 2.05) is 6.26 Å². The first-order valence-corrected chi connectivity index (χ1v) is 8.41. The average molecular weight is 218 g/mol. The van der Waals surface area contributed by atoms with Crippen LogP contribution >= 0.6 is 33.3 Å². The Morgan fingerprint density at radius 1 is 1.30 bits per heavy atom. The van der Waals surface area contributed by atoms with E-state index in [1.54, 1.807) is 22.6 Å². The molecule has 62 valence electrons. The summed E-state index contributed by atoms with van der Waals surface area (Å²) in [6.45, 7) is 0. The third-order valence-corrected chi connectivity index (χ3v) is 6.34. The lowest BCUT2D eigenvalue weighted by Crippen LogP contribution is -1.96. The molecule has 0 rings (SSSR count). The minimum atomic E-state index is -2.77. The summed E-state index contributed by atoms with van der Waals surface area (Å²) >= 11 is 1.70. The number of hydrogen-bond donors (Lipinski definition) is 0. The number of hydrogen-bond acceptors (Lipinski definition) is 5. The summed E-state index contributed by atoms with van der Waals surface area (Å²) in [7, 11) is 0.202. The monoisotopic (exact) mass is 218 g/mol. The van der Waals surface area contributed by atoms with E-state index in [0.29, 0.717) is 0 Å². The molecule has 0 saturated heterocycles. The topological polar surface area (TPSA) is 34.1 Å². The molecule has 0 heterocycles. The molecule has 10 heavy (non-hydrogen) atoms. The van der Waals surface area contributed by atoms with Gasteiger partial charge in [0.05, 0.1) is 0 Å². The largest absolute Gasteiger partial charge is 0.228 e. The zero-order valence-corrected chi connectivity index (χ0v) is 9.13. The third kappa shape index (κ3) is 9.00. The van der Waals surface area contributed by atoms with E-state index in [2.05, 4.69) is 0 Å². The summed E-state index contributed by atoms with van der Waals surface area (Å²) < 4.78 is 21.1. The maximum Gasteiger partial charge on any atom is 0.157 e. The Morgan fingerprint density at radius 3 is 2.30 bits per heavy atom. The Labute approximate surface area is 74.2 Å². The molecule has 0 spiro atoms. The SMILES string of the molecule is CSCSSCS(C)(=O)=O. The van der Waals surface area contributed by atoms with Gasteiger partial charge in [0, 0.05) is 11.3 Å². The lowest BCUT2D eigenvalue weighted by atomic mass is 11.9. The van der Waals surface area contributed by atoms with Gasteiger partial charge in [-0.3, -0.25) is 0 Å². The van der Waals surface area contributed by atoms with Gasteiger partial charge in [-0.05, 0) is 6.26 Å². The Hall–Kier alpha value is 1.00. The summed E-state index contributed by atoms with van der Waals surface area (Å²) in [6, 6.07) is 0. The molecule has 0 saturated carbocycles. The van der Waals surface area contributed by atoms with Gasteiger partial charge in [-0.1, -0.05) is 21.6 Å². The normalized spacial score (nSPS) is 11.8. The molecule has 0 N–H and O–H groups in total. The van der Waals surface area contributed by atoms with E-state index >= 15 is 0 Å². The van der Waals surface area contributed by atoms with E-state index in [1.165, 1.54) is 17.0 Å². The Bertz CT molecular complexity index is 162. The zero-order chi connectivity index (χ0) is 8.04. The van der Waals surface area contributed by atoms with Crippen molar-refractivity contribution in [2.24, 2.45) is 0 Å². The molecule has 0 aromatic heterocycles. The number of sulfone groups is 1. The fourth-order valence-corrected chi connectivity index (χ4v) is 5.50. The van der Waals surface area contributed by atoms with Crippen LogP contribution in [-0.4, -0.2) is 31.1 Å². The van der Waals surface area contributed by atoms with Crippen LogP contribution in [0.4, 0.5) is 0 Å². The lowest BCUT2D eigenvalue weighted by Gasteiger charge is -1.95. The standard InChI is InChI=1S/C4H10O2S4/c1-7-3-8-9-4-10(2,5)6/h3-4H2,1-2H3. The minimum absolute atomic E-state index is 0.220. The summed E-state index contributed by atoms with van der Waals surface area (Å²) in [5.41, 5.74) is 0. The highest BCUT2D eigenvalue weighted by Gasteiger charge is 2.00. The first kappa shape index (κ1) is 11.0. The van der Waals surface area contributed by atoms with Crippen LogP contribution < -0.4 is 0 Å². The first-order valence-electron chi connectivity index (χ1n) is 2.47. The molecule has 0 amide bonds. The Morgan fingerprint density at radius 2 is 1.90 bits per heavy atom. The van der Waals surface area contributed by atoms with Crippen LogP contribution in [0.2, 0.25) is 0 Å². The molecule has 0 aliphatic heterocycles. The van der Waals surface area contributed by atoms with Crippen molar-refractivity contribution in [2.75, 3.05) is 22.7 Å². The third-order valence-electron chi connectivity index (χ3n) is 0.511. The van der Waals surface area contributed by atoms with Gasteiger partial charge < -0.3 is 0 Å². The van der Waals surface area contributed by atoms with Crippen molar-refractivity contribution in [2.45, 2.75) is 0 Å². The number of thioether (sulfide) groups is 1. The van der Waals surface area contributed by atoms with Crippen molar-refractivity contribution in [1.82, 2.24) is 0 Å². The fraction of sp³-hybridized carbons (Fsp3) is 1.00. The summed E-state index contributed by atoms with van der Waals surface area (Å²) in [5, 5.41) is 1.17. The highest BCUT2D eigenvalue weighted by atomic mass is 33.1. The smallest absolute Gasteiger partial charge is 0.157 e. The number of rotatable bonds is 5. The molecule has 0 aromatic rings. The van der Waals surface area contributed by atoms with Crippen LogP contribution in [0.1, 0.15) is 0 Å². The van der Waals surface area contributed by atoms with Gasteiger partial charge in [-0.2, -0.15) is 11.8 Å². The highest BCUT2D eigenvalue weighted by Crippen LogP contribution is 2.25. The van der Waals surface area contributed by atoms with Crippen LogP contribution in [-0.2, 0) is 9.84 Å². The summed E-state index contributed by atoms with van der Waals surface area (Å²) in [6.07, 6.45) is 3.24. The first-order chi connectivity index (χ1) is 4.56. The van der Waals surface area contributed by atoms with Crippen molar-refractivity contribution in [3.05, 3.63) is 0 Å². The molecule has 6 heteroatoms. The Kier molecular flexibility index (Phi) is 6.19. The maximum absolute atomic E-state index is 10.6. The van der Waals surface area contributed by atoms with Gasteiger partial charge in [0.25, 0.3) is 0 Å². The molecule has 0 radical (unpaired) electrons. The molecule has 0 aromatic carbocycles. The van der Waals surface area contributed by atoms with Gasteiger partial charge in [0.15, 0.2) is 9.84 Å². The molecule has 0 atom stereocenters. The quantitative estimate of drug-likeness (QED) is 0.398. The van der Waals surface area contributed by atoms with Crippen molar-refractivity contribution in [1.29, 1.82) is 0 Å². The van der Waals surface area contributed by atoms with Crippen molar-refractivity contribution >= 4 is 43.2 Å². The minimum Gasteiger partial charge on any atom is -0.228 e. The predicted octanol–water partition coefficient (Wildman–Crippen LogP) is 1.69. The van der Waals surface area contributed by atoms with Crippen molar-refractivity contribution < 1.29 is 8.42 Å². The Balaban J connectivity index is 3.21.